The number of nitrogens with zero attached hydrogens (tertiary/aromatic N) is 2. The van der Waals surface area contributed by atoms with Crippen LogP contribution < -0.4 is 15.0 Å². The van der Waals surface area contributed by atoms with Crippen molar-refractivity contribution < 1.29 is 19.1 Å². The van der Waals surface area contributed by atoms with E-state index in [1.807, 2.05) is 67.6 Å². The van der Waals surface area contributed by atoms with Crippen LogP contribution in [0.15, 0.2) is 60.7 Å². The minimum Gasteiger partial charge on any atom is -0.497 e. The summed E-state index contributed by atoms with van der Waals surface area (Å²) in [6.07, 6.45) is 6.74. The van der Waals surface area contributed by atoms with Crippen LogP contribution in [0.5, 0.6) is 5.75 Å². The van der Waals surface area contributed by atoms with Gasteiger partial charge in [0.2, 0.25) is 11.8 Å². The lowest BCUT2D eigenvalue weighted by Gasteiger charge is -2.33. The Balaban J connectivity index is 1.29. The Morgan fingerprint density at radius 3 is 2.45 bits per heavy atom. The van der Waals surface area contributed by atoms with Gasteiger partial charge in [0.25, 0.3) is 5.91 Å². The number of carbonyl (C=O) groups excluding carboxylic acids is 3. The second-order valence-electron chi connectivity index (χ2n) is 10.9. The lowest BCUT2D eigenvalue weighted by molar-refractivity contribution is -0.141. The van der Waals surface area contributed by atoms with Crippen molar-refractivity contribution in [3.63, 3.8) is 0 Å². The normalized spacial score (nSPS) is 15.8. The maximum atomic E-state index is 13.7. The third-order valence-electron chi connectivity index (χ3n) is 8.27. The van der Waals surface area contributed by atoms with Crippen LogP contribution in [0.3, 0.4) is 0 Å². The third-order valence-corrected chi connectivity index (χ3v) is 8.27. The zero-order valence-corrected chi connectivity index (χ0v) is 23.5. The van der Waals surface area contributed by atoms with Crippen molar-refractivity contribution in [1.82, 2.24) is 10.2 Å². The molecule has 1 heterocycles. The van der Waals surface area contributed by atoms with Crippen molar-refractivity contribution in [2.75, 3.05) is 18.6 Å². The van der Waals surface area contributed by atoms with E-state index in [-0.39, 0.29) is 30.2 Å². The van der Waals surface area contributed by atoms with E-state index in [1.165, 1.54) is 6.42 Å². The van der Waals surface area contributed by atoms with Crippen LogP contribution in [0.4, 0.5) is 5.69 Å². The summed E-state index contributed by atoms with van der Waals surface area (Å²) in [7, 11) is 1.62. The molecule has 3 aromatic rings. The lowest BCUT2D eigenvalue weighted by atomic mass is 9.95. The van der Waals surface area contributed by atoms with Crippen LogP contribution in [0.1, 0.15) is 74.2 Å². The Labute approximate surface area is 236 Å². The van der Waals surface area contributed by atoms with E-state index >= 15 is 0 Å². The molecule has 0 aromatic heterocycles. The molecule has 1 aliphatic heterocycles. The summed E-state index contributed by atoms with van der Waals surface area (Å²) in [5.41, 5.74) is 2.56. The number of rotatable bonds is 11. The van der Waals surface area contributed by atoms with Crippen molar-refractivity contribution in [1.29, 1.82) is 0 Å². The molecular formula is C33H39N3O4. The number of carbonyl (C=O) groups is 3. The van der Waals surface area contributed by atoms with Crippen molar-refractivity contribution >= 4 is 34.2 Å². The second kappa shape index (κ2) is 12.5. The molecule has 1 unspecified atom stereocenters. The number of anilines is 1. The van der Waals surface area contributed by atoms with Crippen LogP contribution in [0, 0.1) is 0 Å². The SMILES string of the molecule is CCC(C(=O)NC1CCCCC1)N(Cc1ccc(OC)cc1)C(=O)CCCN1C(=O)c2cccc3cccc1c23. The first-order chi connectivity index (χ1) is 19.5. The standard InChI is InChI=1S/C33H39N3O4/c1-3-28(32(38)34-25-12-5-4-6-13-25)36(22-23-17-19-26(40-2)20-18-23)30(37)16-9-21-35-29-15-8-11-24-10-7-14-27(31(24)29)33(35)39/h7-8,10-11,14-15,17-20,25,28H,3-6,9,12-13,16,21-22H2,1-2H3,(H,34,38). The topological polar surface area (TPSA) is 79.0 Å². The molecule has 1 atom stereocenters. The Kier molecular flexibility index (Phi) is 8.68. The highest BCUT2D eigenvalue weighted by Gasteiger charge is 2.32. The van der Waals surface area contributed by atoms with Crippen LogP contribution in [-0.2, 0) is 16.1 Å². The quantitative estimate of drug-likeness (QED) is 0.331. The average molecular weight is 542 g/mol. The molecule has 0 saturated heterocycles. The molecule has 210 valence electrons. The lowest BCUT2D eigenvalue weighted by Crippen LogP contribution is -2.51. The van der Waals surface area contributed by atoms with Gasteiger partial charge in [-0.1, -0.05) is 62.6 Å². The second-order valence-corrected chi connectivity index (χ2v) is 10.9. The van der Waals surface area contributed by atoms with Gasteiger partial charge in [0, 0.05) is 36.5 Å². The van der Waals surface area contributed by atoms with Crippen LogP contribution in [0.2, 0.25) is 0 Å². The van der Waals surface area contributed by atoms with E-state index in [1.54, 1.807) is 16.9 Å². The number of nitrogens with one attached hydrogen (secondary N) is 1. The maximum Gasteiger partial charge on any atom is 0.258 e. The summed E-state index contributed by atoms with van der Waals surface area (Å²) in [6, 6.07) is 19.0. The average Bonchev–Trinajstić information content (AvgIpc) is 3.26. The molecule has 1 N–H and O–H groups in total. The monoisotopic (exact) mass is 541 g/mol. The zero-order valence-electron chi connectivity index (χ0n) is 23.5. The maximum absolute atomic E-state index is 13.7. The van der Waals surface area contributed by atoms with Gasteiger partial charge < -0.3 is 19.9 Å². The van der Waals surface area contributed by atoms with Gasteiger partial charge in [-0.15, -0.1) is 0 Å². The summed E-state index contributed by atoms with van der Waals surface area (Å²) in [4.78, 5) is 43.9. The molecule has 1 aliphatic carbocycles. The number of ether oxygens (including phenoxy) is 1. The molecule has 1 saturated carbocycles. The van der Waals surface area contributed by atoms with E-state index in [0.717, 1.165) is 53.5 Å². The zero-order chi connectivity index (χ0) is 28.1. The van der Waals surface area contributed by atoms with E-state index in [2.05, 4.69) is 5.32 Å². The van der Waals surface area contributed by atoms with E-state index in [4.69, 9.17) is 4.74 Å². The van der Waals surface area contributed by atoms with Gasteiger partial charge in [0.1, 0.15) is 11.8 Å². The fourth-order valence-electron chi connectivity index (χ4n) is 6.12. The first kappa shape index (κ1) is 27.7. The predicted octanol–water partition coefficient (Wildman–Crippen LogP) is 5.85. The Morgan fingerprint density at radius 2 is 1.75 bits per heavy atom. The molecule has 5 rings (SSSR count). The van der Waals surface area contributed by atoms with Gasteiger partial charge in [0.15, 0.2) is 0 Å². The summed E-state index contributed by atoms with van der Waals surface area (Å²) in [6.45, 7) is 2.74. The molecule has 7 heteroatoms. The van der Waals surface area contributed by atoms with Crippen molar-refractivity contribution in [3.8, 4) is 5.75 Å². The van der Waals surface area contributed by atoms with Gasteiger partial charge in [-0.05, 0) is 60.9 Å². The molecule has 0 radical (unpaired) electrons. The first-order valence-electron chi connectivity index (χ1n) is 14.6. The van der Waals surface area contributed by atoms with Crippen LogP contribution in [-0.4, -0.2) is 48.4 Å². The molecule has 3 aromatic carbocycles. The van der Waals surface area contributed by atoms with Gasteiger partial charge in [-0.25, -0.2) is 0 Å². The van der Waals surface area contributed by atoms with E-state index in [9.17, 15) is 14.4 Å². The Morgan fingerprint density at radius 1 is 1.02 bits per heavy atom. The highest BCUT2D eigenvalue weighted by Crippen LogP contribution is 2.37. The smallest absolute Gasteiger partial charge is 0.258 e. The fourth-order valence-corrected chi connectivity index (χ4v) is 6.12. The number of hydrogen-bond donors (Lipinski definition) is 1. The molecule has 0 bridgehead atoms. The molecule has 3 amide bonds. The number of methoxy groups -OCH3 is 1. The fraction of sp³-hybridized carbons (Fsp3) is 0.424. The number of hydrogen-bond acceptors (Lipinski definition) is 4. The van der Waals surface area contributed by atoms with Crippen molar-refractivity contribution in [3.05, 3.63) is 71.8 Å². The highest BCUT2D eigenvalue weighted by atomic mass is 16.5. The van der Waals surface area contributed by atoms with Crippen molar-refractivity contribution in [2.24, 2.45) is 0 Å². The molecule has 0 spiro atoms. The third kappa shape index (κ3) is 5.83. The van der Waals surface area contributed by atoms with Gasteiger partial charge in [-0.3, -0.25) is 14.4 Å². The highest BCUT2D eigenvalue weighted by molar-refractivity contribution is 6.25. The first-order valence-corrected chi connectivity index (χ1v) is 14.6. The van der Waals surface area contributed by atoms with E-state index < -0.39 is 6.04 Å². The molecule has 7 nitrogen and oxygen atoms in total. The molecular weight excluding hydrogens is 502 g/mol. The van der Waals surface area contributed by atoms with Crippen LogP contribution >= 0.6 is 0 Å². The van der Waals surface area contributed by atoms with Gasteiger partial charge in [-0.2, -0.15) is 0 Å². The van der Waals surface area contributed by atoms with E-state index in [0.29, 0.717) is 31.5 Å². The Hall–Kier alpha value is -3.87. The Bertz CT molecular complexity index is 1360. The molecule has 1 fully saturated rings. The van der Waals surface area contributed by atoms with Crippen molar-refractivity contribution in [2.45, 2.75) is 76.9 Å². The predicted molar refractivity (Wildman–Crippen MR) is 157 cm³/mol. The summed E-state index contributed by atoms with van der Waals surface area (Å²) in [5.74, 6) is 0.569. The minimum atomic E-state index is -0.553. The minimum absolute atomic E-state index is 0.0207. The van der Waals surface area contributed by atoms with Gasteiger partial charge in [0.05, 0.1) is 12.8 Å². The van der Waals surface area contributed by atoms with Gasteiger partial charge >= 0.3 is 0 Å². The molecule has 40 heavy (non-hydrogen) atoms. The summed E-state index contributed by atoms with van der Waals surface area (Å²) >= 11 is 0. The largest absolute Gasteiger partial charge is 0.497 e. The number of amides is 3. The summed E-state index contributed by atoms with van der Waals surface area (Å²) in [5, 5.41) is 5.25. The number of benzene rings is 3. The molecule has 2 aliphatic rings. The summed E-state index contributed by atoms with van der Waals surface area (Å²) < 4.78 is 5.29. The van der Waals surface area contributed by atoms with Crippen LogP contribution in [0.25, 0.3) is 10.8 Å².